The van der Waals surface area contributed by atoms with E-state index in [0.29, 0.717) is 0 Å². The number of ether oxygens (including phenoxy) is 1. The van der Waals surface area contributed by atoms with Crippen molar-refractivity contribution in [2.45, 2.75) is 32.2 Å². The molecule has 0 aliphatic heterocycles. The van der Waals surface area contributed by atoms with Gasteiger partial charge in [-0.3, -0.25) is 0 Å². The first kappa shape index (κ1) is 13.4. The number of rotatable bonds is 5. The molecule has 0 amide bonds. The standard InChI is InChI=1S/C15H24N2O/c1-11-5-6-13(18-3)12(9-11)14(16)15(10-17-2)7-4-8-15/h5-6,9,14,17H,4,7-8,10,16H2,1-3H3. The van der Waals surface area contributed by atoms with Crippen LogP contribution in [-0.4, -0.2) is 20.7 Å². The lowest BCUT2D eigenvalue weighted by Gasteiger charge is -2.46. The molecule has 0 aromatic heterocycles. The largest absolute Gasteiger partial charge is 0.496 e. The van der Waals surface area contributed by atoms with Crippen molar-refractivity contribution in [1.29, 1.82) is 0 Å². The van der Waals surface area contributed by atoms with E-state index in [1.165, 1.54) is 24.8 Å². The Morgan fingerprint density at radius 1 is 1.44 bits per heavy atom. The van der Waals surface area contributed by atoms with E-state index in [-0.39, 0.29) is 11.5 Å². The number of hydrogen-bond donors (Lipinski definition) is 2. The monoisotopic (exact) mass is 248 g/mol. The van der Waals surface area contributed by atoms with E-state index in [0.717, 1.165) is 17.9 Å². The van der Waals surface area contributed by atoms with Crippen molar-refractivity contribution in [3.8, 4) is 5.75 Å². The van der Waals surface area contributed by atoms with Gasteiger partial charge in [0, 0.05) is 23.6 Å². The smallest absolute Gasteiger partial charge is 0.123 e. The van der Waals surface area contributed by atoms with E-state index < -0.39 is 0 Å². The summed E-state index contributed by atoms with van der Waals surface area (Å²) in [5.74, 6) is 0.912. The van der Waals surface area contributed by atoms with Crippen LogP contribution in [0.5, 0.6) is 5.75 Å². The van der Waals surface area contributed by atoms with Crippen molar-refractivity contribution in [3.05, 3.63) is 29.3 Å². The average molecular weight is 248 g/mol. The number of nitrogens with two attached hydrogens (primary N) is 1. The maximum Gasteiger partial charge on any atom is 0.123 e. The van der Waals surface area contributed by atoms with Gasteiger partial charge in [-0.25, -0.2) is 0 Å². The van der Waals surface area contributed by atoms with Gasteiger partial charge in [-0.2, -0.15) is 0 Å². The summed E-state index contributed by atoms with van der Waals surface area (Å²) in [6.45, 7) is 3.08. The molecule has 1 unspecified atom stereocenters. The Hall–Kier alpha value is -1.06. The van der Waals surface area contributed by atoms with Crippen molar-refractivity contribution in [2.24, 2.45) is 11.1 Å². The van der Waals surface area contributed by atoms with Gasteiger partial charge < -0.3 is 15.8 Å². The lowest BCUT2D eigenvalue weighted by atomic mass is 9.62. The highest BCUT2D eigenvalue weighted by atomic mass is 16.5. The highest BCUT2D eigenvalue weighted by Crippen LogP contribution is 2.50. The first-order valence-electron chi connectivity index (χ1n) is 6.68. The molecule has 3 N–H and O–H groups in total. The molecule has 1 aliphatic rings. The number of benzene rings is 1. The van der Waals surface area contributed by atoms with Crippen LogP contribution in [0.3, 0.4) is 0 Å². The molecule has 0 heterocycles. The van der Waals surface area contributed by atoms with Crippen LogP contribution in [0, 0.1) is 12.3 Å². The van der Waals surface area contributed by atoms with E-state index in [2.05, 4.69) is 24.4 Å². The molecule has 0 saturated heterocycles. The highest BCUT2D eigenvalue weighted by Gasteiger charge is 2.43. The van der Waals surface area contributed by atoms with E-state index in [1.807, 2.05) is 13.1 Å². The second kappa shape index (κ2) is 5.29. The van der Waals surface area contributed by atoms with Gasteiger partial charge in [0.05, 0.1) is 7.11 Å². The molecule has 1 aliphatic carbocycles. The second-order valence-corrected chi connectivity index (χ2v) is 5.47. The zero-order valence-corrected chi connectivity index (χ0v) is 11.6. The molecule has 1 fully saturated rings. The minimum atomic E-state index is 0.0496. The van der Waals surface area contributed by atoms with Crippen LogP contribution in [0.4, 0.5) is 0 Å². The number of methoxy groups -OCH3 is 1. The summed E-state index contributed by atoms with van der Waals surface area (Å²) in [4.78, 5) is 0. The third kappa shape index (κ3) is 2.25. The van der Waals surface area contributed by atoms with Crippen LogP contribution in [0.1, 0.15) is 36.4 Å². The van der Waals surface area contributed by atoms with Crippen LogP contribution in [0.15, 0.2) is 18.2 Å². The van der Waals surface area contributed by atoms with E-state index in [9.17, 15) is 0 Å². The molecule has 2 rings (SSSR count). The highest BCUT2D eigenvalue weighted by molar-refractivity contribution is 5.40. The van der Waals surface area contributed by atoms with Crippen molar-refractivity contribution >= 4 is 0 Å². The van der Waals surface area contributed by atoms with Crippen LogP contribution in [0.25, 0.3) is 0 Å². The fraction of sp³-hybridized carbons (Fsp3) is 0.600. The van der Waals surface area contributed by atoms with Gasteiger partial charge in [-0.05, 0) is 32.9 Å². The molecule has 0 spiro atoms. The van der Waals surface area contributed by atoms with Crippen molar-refractivity contribution in [1.82, 2.24) is 5.32 Å². The van der Waals surface area contributed by atoms with Crippen molar-refractivity contribution in [2.75, 3.05) is 20.7 Å². The molecule has 1 aromatic carbocycles. The molecule has 0 radical (unpaired) electrons. The molecule has 100 valence electrons. The number of aryl methyl sites for hydroxylation is 1. The third-order valence-electron chi connectivity index (χ3n) is 4.26. The van der Waals surface area contributed by atoms with Crippen molar-refractivity contribution < 1.29 is 4.74 Å². The summed E-state index contributed by atoms with van der Waals surface area (Å²) < 4.78 is 5.46. The van der Waals surface area contributed by atoms with Crippen LogP contribution < -0.4 is 15.8 Å². The summed E-state index contributed by atoms with van der Waals surface area (Å²) in [7, 11) is 3.71. The first-order chi connectivity index (χ1) is 8.63. The molecule has 0 bridgehead atoms. The van der Waals surface area contributed by atoms with E-state index in [1.54, 1.807) is 7.11 Å². The van der Waals surface area contributed by atoms with Crippen molar-refractivity contribution in [3.63, 3.8) is 0 Å². The third-order valence-corrected chi connectivity index (χ3v) is 4.26. The van der Waals surface area contributed by atoms with Crippen LogP contribution in [0.2, 0.25) is 0 Å². The molecule has 1 aromatic rings. The average Bonchev–Trinajstić information content (AvgIpc) is 2.33. The molecule has 1 saturated carbocycles. The predicted molar refractivity (Wildman–Crippen MR) is 74.9 cm³/mol. The second-order valence-electron chi connectivity index (χ2n) is 5.47. The zero-order valence-electron chi connectivity index (χ0n) is 11.6. The molecule has 3 nitrogen and oxygen atoms in total. The van der Waals surface area contributed by atoms with Crippen LogP contribution >= 0.6 is 0 Å². The molecular formula is C15H24N2O. The summed E-state index contributed by atoms with van der Waals surface area (Å²) in [6.07, 6.45) is 3.68. The lowest BCUT2D eigenvalue weighted by molar-refractivity contribution is 0.0934. The van der Waals surface area contributed by atoms with E-state index in [4.69, 9.17) is 10.5 Å². The Morgan fingerprint density at radius 3 is 2.67 bits per heavy atom. The van der Waals surface area contributed by atoms with Gasteiger partial charge in [0.15, 0.2) is 0 Å². The molecular weight excluding hydrogens is 224 g/mol. The normalized spacial score (nSPS) is 19.1. The lowest BCUT2D eigenvalue weighted by Crippen LogP contribution is -2.47. The summed E-state index contributed by atoms with van der Waals surface area (Å²) in [5, 5.41) is 3.29. The van der Waals surface area contributed by atoms with Gasteiger partial charge in [-0.15, -0.1) is 0 Å². The quantitative estimate of drug-likeness (QED) is 0.841. The Morgan fingerprint density at radius 2 is 2.17 bits per heavy atom. The molecule has 1 atom stereocenters. The van der Waals surface area contributed by atoms with E-state index >= 15 is 0 Å². The maximum absolute atomic E-state index is 6.55. The Labute approximate surface area is 110 Å². The fourth-order valence-corrected chi connectivity index (χ4v) is 3.01. The summed E-state index contributed by atoms with van der Waals surface area (Å²) in [6, 6.07) is 6.31. The number of nitrogens with one attached hydrogen (secondary N) is 1. The molecule has 3 heteroatoms. The fourth-order valence-electron chi connectivity index (χ4n) is 3.01. The van der Waals surface area contributed by atoms with Gasteiger partial charge in [0.1, 0.15) is 5.75 Å². The minimum absolute atomic E-state index is 0.0496. The topological polar surface area (TPSA) is 47.3 Å². The Bertz CT molecular complexity index is 413. The predicted octanol–water partition coefficient (Wildman–Crippen LogP) is 2.39. The molecule has 18 heavy (non-hydrogen) atoms. The SMILES string of the molecule is CNCC1(C(N)c2cc(C)ccc2OC)CCC1. The maximum atomic E-state index is 6.55. The first-order valence-corrected chi connectivity index (χ1v) is 6.68. The van der Waals surface area contributed by atoms with Gasteiger partial charge in [0.25, 0.3) is 0 Å². The van der Waals surface area contributed by atoms with Gasteiger partial charge in [-0.1, -0.05) is 24.1 Å². The zero-order chi connectivity index (χ0) is 13.2. The number of hydrogen-bond acceptors (Lipinski definition) is 3. The Kier molecular flexibility index (Phi) is 3.93. The van der Waals surface area contributed by atoms with Gasteiger partial charge >= 0.3 is 0 Å². The van der Waals surface area contributed by atoms with Gasteiger partial charge in [0.2, 0.25) is 0 Å². The summed E-state index contributed by atoms with van der Waals surface area (Å²) >= 11 is 0. The Balaban J connectivity index is 2.32. The van der Waals surface area contributed by atoms with Crippen LogP contribution in [-0.2, 0) is 0 Å². The summed E-state index contributed by atoms with van der Waals surface area (Å²) in [5.41, 5.74) is 9.13. The minimum Gasteiger partial charge on any atom is -0.496 e.